The van der Waals surface area contributed by atoms with Crippen LogP contribution in [-0.4, -0.2) is 76.0 Å². The van der Waals surface area contributed by atoms with Crippen LogP contribution >= 0.6 is 0 Å². The van der Waals surface area contributed by atoms with Crippen molar-refractivity contribution < 1.29 is 102 Å². The third kappa shape index (κ3) is 3.62. The fraction of sp³-hybridized carbons (Fsp3) is 1.00. The van der Waals surface area contributed by atoms with E-state index < -0.39 is 65.8 Å². The standard InChI is InChI=1S/C11H3F21O2/c12-1(13)2(14,9(24,25)26)7(22,33)4(16,17)3(15,10(27,28)29)8(23,34)5(18,19)6(20,21)11(30,31)32/h1,33-34H. The molecule has 206 valence electrons. The molecule has 23 heteroatoms. The van der Waals surface area contributed by atoms with Crippen LogP contribution in [0.5, 0.6) is 0 Å². The minimum atomic E-state index is -9.34. The Kier molecular flexibility index (Phi) is 7.37. The number of halogens is 21. The highest BCUT2D eigenvalue weighted by atomic mass is 19.4. The lowest BCUT2D eigenvalue weighted by Gasteiger charge is -2.49. The van der Waals surface area contributed by atoms with Crippen molar-refractivity contribution in [3.8, 4) is 0 Å². The second-order valence-corrected chi connectivity index (χ2v) is 6.13. The maximum absolute atomic E-state index is 14.1. The van der Waals surface area contributed by atoms with Gasteiger partial charge in [-0.15, -0.1) is 0 Å². The van der Waals surface area contributed by atoms with Crippen molar-refractivity contribution >= 4 is 0 Å². The minimum Gasteiger partial charge on any atom is -0.354 e. The molecule has 0 aliphatic heterocycles. The fourth-order valence-corrected chi connectivity index (χ4v) is 2.09. The van der Waals surface area contributed by atoms with Crippen LogP contribution in [0.25, 0.3) is 0 Å². The molecule has 0 aliphatic rings. The second-order valence-electron chi connectivity index (χ2n) is 6.13. The first-order chi connectivity index (χ1) is 14.2. The summed E-state index contributed by atoms with van der Waals surface area (Å²) in [5, 5.41) is 16.6. The van der Waals surface area contributed by atoms with Crippen LogP contribution in [0.2, 0.25) is 0 Å². The summed E-state index contributed by atoms with van der Waals surface area (Å²) >= 11 is 0. The summed E-state index contributed by atoms with van der Waals surface area (Å²) in [6, 6.07) is 0. The molecule has 0 heterocycles. The Bertz CT molecular complexity index is 743. The van der Waals surface area contributed by atoms with Gasteiger partial charge in [-0.05, 0) is 0 Å². The van der Waals surface area contributed by atoms with E-state index in [1.807, 2.05) is 0 Å². The van der Waals surface area contributed by atoms with E-state index in [0.717, 1.165) is 0 Å². The average Bonchev–Trinajstić information content (AvgIpc) is 2.55. The number of alkyl halides is 21. The van der Waals surface area contributed by atoms with Gasteiger partial charge in [-0.25, -0.2) is 26.3 Å². The fourth-order valence-electron chi connectivity index (χ4n) is 2.09. The van der Waals surface area contributed by atoms with Gasteiger partial charge in [-0.3, -0.25) is 0 Å². The van der Waals surface area contributed by atoms with Gasteiger partial charge in [0.05, 0.1) is 0 Å². The molecule has 0 rings (SSSR count). The molecule has 0 saturated heterocycles. The molecule has 0 fully saturated rings. The van der Waals surface area contributed by atoms with Gasteiger partial charge in [0.1, 0.15) is 0 Å². The number of rotatable bonds is 7. The normalized spacial score (nSPS) is 22.6. The summed E-state index contributed by atoms with van der Waals surface area (Å²) in [4.78, 5) is 0. The molecule has 0 spiro atoms. The van der Waals surface area contributed by atoms with E-state index in [9.17, 15) is 92.2 Å². The predicted molar refractivity (Wildman–Crippen MR) is 58.8 cm³/mol. The van der Waals surface area contributed by atoms with E-state index in [0.29, 0.717) is 0 Å². The van der Waals surface area contributed by atoms with Gasteiger partial charge in [0.15, 0.2) is 0 Å². The van der Waals surface area contributed by atoms with Crippen molar-refractivity contribution in [3.63, 3.8) is 0 Å². The second kappa shape index (κ2) is 7.72. The van der Waals surface area contributed by atoms with Gasteiger partial charge < -0.3 is 10.2 Å². The maximum atomic E-state index is 14.1. The first-order valence-electron chi connectivity index (χ1n) is 7.01. The summed E-state index contributed by atoms with van der Waals surface area (Å²) in [6.45, 7) is 0. The van der Waals surface area contributed by atoms with Crippen LogP contribution in [0.4, 0.5) is 92.2 Å². The maximum Gasteiger partial charge on any atom is 0.460 e. The van der Waals surface area contributed by atoms with E-state index in [4.69, 9.17) is 10.2 Å². The average molecular weight is 566 g/mol. The van der Waals surface area contributed by atoms with Crippen LogP contribution in [0.15, 0.2) is 0 Å². The predicted octanol–water partition coefficient (Wildman–Crippen LogP) is 5.58. The van der Waals surface area contributed by atoms with Crippen LogP contribution in [0.3, 0.4) is 0 Å². The van der Waals surface area contributed by atoms with Gasteiger partial charge in [0.2, 0.25) is 0 Å². The zero-order valence-corrected chi connectivity index (χ0v) is 14.4. The third-order valence-electron chi connectivity index (χ3n) is 4.06. The van der Waals surface area contributed by atoms with Crippen LogP contribution in [0.1, 0.15) is 0 Å². The van der Waals surface area contributed by atoms with E-state index in [1.165, 1.54) is 0 Å². The van der Waals surface area contributed by atoms with Gasteiger partial charge in [-0.2, -0.15) is 65.9 Å². The van der Waals surface area contributed by atoms with E-state index in [-0.39, 0.29) is 0 Å². The van der Waals surface area contributed by atoms with Gasteiger partial charge in [-0.1, -0.05) is 0 Å². The van der Waals surface area contributed by atoms with E-state index >= 15 is 0 Å². The van der Waals surface area contributed by atoms with Gasteiger partial charge >= 0.3 is 59.3 Å². The first-order valence-corrected chi connectivity index (χ1v) is 7.01. The topological polar surface area (TPSA) is 40.5 Å². The van der Waals surface area contributed by atoms with Gasteiger partial charge in [0.25, 0.3) is 6.43 Å². The molecule has 34 heavy (non-hydrogen) atoms. The smallest absolute Gasteiger partial charge is 0.354 e. The molecule has 4 unspecified atom stereocenters. The van der Waals surface area contributed by atoms with Gasteiger partial charge in [0, 0.05) is 0 Å². The summed E-state index contributed by atoms with van der Waals surface area (Å²) in [5.41, 5.74) is -17.6. The highest BCUT2D eigenvalue weighted by molar-refractivity contribution is 5.23. The molecule has 0 aliphatic carbocycles. The van der Waals surface area contributed by atoms with Crippen LogP contribution < -0.4 is 0 Å². The van der Waals surface area contributed by atoms with Crippen molar-refractivity contribution in [2.24, 2.45) is 0 Å². The zero-order valence-electron chi connectivity index (χ0n) is 14.4. The molecular formula is C11H3F21O2. The monoisotopic (exact) mass is 566 g/mol. The Morgan fingerprint density at radius 3 is 0.912 bits per heavy atom. The highest BCUT2D eigenvalue weighted by Gasteiger charge is 2.99. The molecule has 0 radical (unpaired) electrons. The van der Waals surface area contributed by atoms with E-state index in [2.05, 4.69) is 0 Å². The van der Waals surface area contributed by atoms with E-state index in [1.54, 1.807) is 0 Å². The molecular weight excluding hydrogens is 563 g/mol. The van der Waals surface area contributed by atoms with Crippen molar-refractivity contribution in [1.82, 2.24) is 0 Å². The summed E-state index contributed by atoms with van der Waals surface area (Å²) in [6.07, 6.45) is -31.5. The van der Waals surface area contributed by atoms with Crippen molar-refractivity contribution in [1.29, 1.82) is 0 Å². The largest absolute Gasteiger partial charge is 0.460 e. The Morgan fingerprint density at radius 1 is 0.382 bits per heavy atom. The van der Waals surface area contributed by atoms with Crippen molar-refractivity contribution in [2.75, 3.05) is 0 Å². The van der Waals surface area contributed by atoms with Crippen molar-refractivity contribution in [2.45, 2.75) is 65.8 Å². The lowest BCUT2D eigenvalue weighted by molar-refractivity contribution is -0.500. The number of aliphatic hydroxyl groups is 2. The first kappa shape index (κ1) is 32.4. The summed E-state index contributed by atoms with van der Waals surface area (Å²) in [5.74, 6) is -44.4. The molecule has 2 nitrogen and oxygen atoms in total. The highest BCUT2D eigenvalue weighted by Crippen LogP contribution is 2.66. The van der Waals surface area contributed by atoms with Crippen LogP contribution in [-0.2, 0) is 0 Å². The Labute approximate surface area is 169 Å². The molecule has 4 atom stereocenters. The molecule has 0 amide bonds. The lowest BCUT2D eigenvalue weighted by Crippen LogP contribution is -2.83. The Hall–Kier alpha value is -1.55. The molecule has 0 saturated carbocycles. The van der Waals surface area contributed by atoms with Crippen molar-refractivity contribution in [3.05, 3.63) is 0 Å². The molecule has 0 aromatic rings. The molecule has 0 aromatic heterocycles. The Balaban J connectivity index is 7.71. The lowest BCUT2D eigenvalue weighted by atomic mass is 9.75. The third-order valence-corrected chi connectivity index (χ3v) is 4.06. The minimum absolute atomic E-state index is 6.57. The number of hydrogen-bond donors (Lipinski definition) is 2. The molecule has 2 N–H and O–H groups in total. The summed E-state index contributed by atoms with van der Waals surface area (Å²) < 4.78 is 271. The molecule has 0 aromatic carbocycles. The Morgan fingerprint density at radius 2 is 0.706 bits per heavy atom. The SMILES string of the molecule is OC(F)(C(F)(F)C(F)(C(F)(F)F)C(O)(F)C(F)(F)C(F)(F)C(F)(F)F)C(F)(C(F)F)C(F)(F)F. The summed E-state index contributed by atoms with van der Waals surface area (Å²) in [7, 11) is 0. The van der Waals surface area contributed by atoms with Crippen LogP contribution in [0, 0.1) is 0 Å². The quantitative estimate of drug-likeness (QED) is 0.396. The zero-order chi connectivity index (χ0) is 28.6. The molecule has 0 bridgehead atoms. The number of hydrogen-bond acceptors (Lipinski definition) is 2.